The molecule has 154 valence electrons. The molecule has 1 aliphatic rings. The van der Waals surface area contributed by atoms with Gasteiger partial charge in [0.05, 0.1) is 12.8 Å². The number of fused-ring (bicyclic) bond motifs is 1. The summed E-state index contributed by atoms with van der Waals surface area (Å²) in [7, 11) is 1.57. The van der Waals surface area contributed by atoms with Crippen molar-refractivity contribution in [3.05, 3.63) is 42.5 Å². The summed E-state index contributed by atoms with van der Waals surface area (Å²) in [6.07, 6.45) is 3.05. The number of carbonyl (C=O) groups excluding carboxylic acids is 2. The number of hydrogen-bond acceptors (Lipinski definition) is 5. The van der Waals surface area contributed by atoms with Gasteiger partial charge in [0.1, 0.15) is 17.2 Å². The van der Waals surface area contributed by atoms with Crippen molar-refractivity contribution in [1.29, 1.82) is 0 Å². The molecule has 1 N–H and O–H groups in total. The first kappa shape index (κ1) is 20.5. The van der Waals surface area contributed by atoms with E-state index >= 15 is 0 Å². The summed E-state index contributed by atoms with van der Waals surface area (Å²) >= 11 is 0. The monoisotopic (exact) mass is 398 g/mol. The maximum absolute atomic E-state index is 12.3. The number of nitrogens with one attached hydrogen (secondary N) is 1. The Labute approximate surface area is 170 Å². The summed E-state index contributed by atoms with van der Waals surface area (Å²) in [5.74, 6) is 1.48. The van der Waals surface area contributed by atoms with Gasteiger partial charge in [0.25, 0.3) is 11.8 Å². The Hall–Kier alpha value is -3.22. The fraction of sp³-hybridized carbons (Fsp3) is 0.364. The maximum atomic E-state index is 12.3. The number of hydrogen-bond donors (Lipinski definition) is 1. The molecule has 2 aromatic rings. The van der Waals surface area contributed by atoms with Gasteiger partial charge < -0.3 is 24.4 Å². The summed E-state index contributed by atoms with van der Waals surface area (Å²) in [4.78, 5) is 26.3. The van der Waals surface area contributed by atoms with E-state index in [0.29, 0.717) is 35.2 Å². The van der Waals surface area contributed by atoms with E-state index in [1.54, 1.807) is 54.5 Å². The summed E-state index contributed by atoms with van der Waals surface area (Å²) in [6, 6.07) is 12.3. The lowest BCUT2D eigenvalue weighted by molar-refractivity contribution is -0.121. The lowest BCUT2D eigenvalue weighted by Gasteiger charge is -2.29. The number of amides is 2. The number of methoxy groups -OCH3 is 1. The van der Waals surface area contributed by atoms with Gasteiger partial charge in [-0.05, 0) is 36.8 Å². The van der Waals surface area contributed by atoms with Gasteiger partial charge in [0.2, 0.25) is 0 Å². The second-order valence-electron chi connectivity index (χ2n) is 6.74. The molecule has 2 amide bonds. The highest BCUT2D eigenvalue weighted by atomic mass is 16.5. The molecule has 0 aliphatic carbocycles. The molecule has 0 radical (unpaired) electrons. The highest BCUT2D eigenvalue weighted by Gasteiger charge is 2.25. The Morgan fingerprint density at radius 3 is 2.79 bits per heavy atom. The number of benzene rings is 2. The molecule has 0 bridgehead atoms. The first-order valence-corrected chi connectivity index (χ1v) is 9.74. The largest absolute Gasteiger partial charge is 0.497 e. The van der Waals surface area contributed by atoms with Gasteiger partial charge in [-0.2, -0.15) is 0 Å². The number of nitrogens with zero attached hydrogens (tertiary/aromatic N) is 1. The molecule has 0 saturated carbocycles. The number of ether oxygens (including phenoxy) is 3. The molecule has 1 aliphatic heterocycles. The van der Waals surface area contributed by atoms with Crippen molar-refractivity contribution in [1.82, 2.24) is 0 Å². The Bertz CT molecular complexity index is 868. The van der Waals surface area contributed by atoms with Crippen molar-refractivity contribution in [2.45, 2.75) is 26.2 Å². The fourth-order valence-corrected chi connectivity index (χ4v) is 3.08. The fourth-order valence-electron chi connectivity index (χ4n) is 3.08. The summed E-state index contributed by atoms with van der Waals surface area (Å²) in [6.45, 7) is 2.66. The van der Waals surface area contributed by atoms with Crippen molar-refractivity contribution >= 4 is 23.2 Å². The van der Waals surface area contributed by atoms with E-state index in [4.69, 9.17) is 14.2 Å². The van der Waals surface area contributed by atoms with Crippen molar-refractivity contribution in [2.24, 2.45) is 0 Å². The summed E-state index contributed by atoms with van der Waals surface area (Å²) < 4.78 is 16.2. The van der Waals surface area contributed by atoms with Gasteiger partial charge in [0, 0.05) is 18.3 Å². The van der Waals surface area contributed by atoms with E-state index in [2.05, 4.69) is 12.2 Å². The average Bonchev–Trinajstić information content (AvgIpc) is 2.74. The predicted molar refractivity (Wildman–Crippen MR) is 111 cm³/mol. The SMILES string of the molecule is CCCCCN1C(=O)COc2ccc(NC(=O)COc3cccc(OC)c3)cc21. The highest BCUT2D eigenvalue weighted by molar-refractivity contribution is 5.99. The van der Waals surface area contributed by atoms with Crippen LogP contribution in [0.5, 0.6) is 17.2 Å². The topological polar surface area (TPSA) is 77.1 Å². The molecule has 3 rings (SSSR count). The van der Waals surface area contributed by atoms with Crippen LogP contribution in [-0.4, -0.2) is 38.7 Å². The molecule has 7 heteroatoms. The van der Waals surface area contributed by atoms with Crippen molar-refractivity contribution in [2.75, 3.05) is 37.1 Å². The second-order valence-corrected chi connectivity index (χ2v) is 6.74. The minimum Gasteiger partial charge on any atom is -0.497 e. The van der Waals surface area contributed by atoms with Crippen LogP contribution in [0.25, 0.3) is 0 Å². The number of anilines is 2. The summed E-state index contributed by atoms with van der Waals surface area (Å²) in [5, 5.41) is 2.80. The number of carbonyl (C=O) groups is 2. The van der Waals surface area contributed by atoms with E-state index in [9.17, 15) is 9.59 Å². The van der Waals surface area contributed by atoms with Crippen LogP contribution in [0.15, 0.2) is 42.5 Å². The molecule has 0 aromatic heterocycles. The Kier molecular flexibility index (Phi) is 6.94. The third-order valence-corrected chi connectivity index (χ3v) is 4.58. The molecule has 7 nitrogen and oxygen atoms in total. The van der Waals surface area contributed by atoms with Crippen LogP contribution < -0.4 is 24.4 Å². The molecule has 29 heavy (non-hydrogen) atoms. The summed E-state index contributed by atoms with van der Waals surface area (Å²) in [5.41, 5.74) is 1.27. The molecule has 0 atom stereocenters. The van der Waals surface area contributed by atoms with Crippen LogP contribution in [0.3, 0.4) is 0 Å². The molecule has 1 heterocycles. The smallest absolute Gasteiger partial charge is 0.265 e. The zero-order valence-electron chi connectivity index (χ0n) is 16.8. The first-order valence-electron chi connectivity index (χ1n) is 9.74. The Morgan fingerprint density at radius 2 is 2.00 bits per heavy atom. The first-order chi connectivity index (χ1) is 14.1. The number of unbranched alkanes of at least 4 members (excludes halogenated alkanes) is 2. The van der Waals surface area contributed by atoms with Gasteiger partial charge in [-0.3, -0.25) is 9.59 Å². The third kappa shape index (κ3) is 5.40. The van der Waals surface area contributed by atoms with E-state index in [0.717, 1.165) is 19.3 Å². The zero-order valence-corrected chi connectivity index (χ0v) is 16.8. The van der Waals surface area contributed by atoms with Crippen molar-refractivity contribution < 1.29 is 23.8 Å². The highest BCUT2D eigenvalue weighted by Crippen LogP contribution is 2.34. The average molecular weight is 398 g/mol. The van der Waals surface area contributed by atoms with Crippen LogP contribution in [0.1, 0.15) is 26.2 Å². The van der Waals surface area contributed by atoms with E-state index in [1.165, 1.54) is 0 Å². The Balaban J connectivity index is 1.63. The molecule has 0 saturated heterocycles. The Morgan fingerprint density at radius 1 is 1.17 bits per heavy atom. The van der Waals surface area contributed by atoms with Crippen molar-refractivity contribution in [3.63, 3.8) is 0 Å². The number of rotatable bonds is 9. The standard InChI is InChI=1S/C22H26N2O5/c1-3-4-5-11-24-19-12-16(9-10-20(19)29-15-22(24)26)23-21(25)14-28-18-8-6-7-17(13-18)27-2/h6-10,12-13H,3-5,11,14-15H2,1-2H3,(H,23,25). The minimum atomic E-state index is -0.298. The molecular formula is C22H26N2O5. The van der Waals surface area contributed by atoms with Crippen LogP contribution >= 0.6 is 0 Å². The lowest BCUT2D eigenvalue weighted by atomic mass is 10.1. The lowest BCUT2D eigenvalue weighted by Crippen LogP contribution is -2.39. The van der Waals surface area contributed by atoms with E-state index in [-0.39, 0.29) is 25.0 Å². The van der Waals surface area contributed by atoms with Crippen LogP contribution in [-0.2, 0) is 9.59 Å². The van der Waals surface area contributed by atoms with Gasteiger partial charge >= 0.3 is 0 Å². The van der Waals surface area contributed by atoms with Crippen LogP contribution in [0.4, 0.5) is 11.4 Å². The van der Waals surface area contributed by atoms with Gasteiger partial charge in [-0.1, -0.05) is 25.8 Å². The maximum Gasteiger partial charge on any atom is 0.265 e. The van der Waals surface area contributed by atoms with Gasteiger partial charge in [0.15, 0.2) is 13.2 Å². The van der Waals surface area contributed by atoms with E-state index in [1.807, 2.05) is 0 Å². The van der Waals surface area contributed by atoms with Gasteiger partial charge in [-0.15, -0.1) is 0 Å². The van der Waals surface area contributed by atoms with Crippen LogP contribution in [0, 0.1) is 0 Å². The molecule has 0 fully saturated rings. The van der Waals surface area contributed by atoms with Crippen molar-refractivity contribution in [3.8, 4) is 17.2 Å². The van der Waals surface area contributed by atoms with Gasteiger partial charge in [-0.25, -0.2) is 0 Å². The third-order valence-electron chi connectivity index (χ3n) is 4.58. The molecule has 0 spiro atoms. The minimum absolute atomic E-state index is 0.0409. The predicted octanol–water partition coefficient (Wildman–Crippen LogP) is 3.63. The normalized spacial score (nSPS) is 12.8. The molecular weight excluding hydrogens is 372 g/mol. The second kappa shape index (κ2) is 9.82. The van der Waals surface area contributed by atoms with E-state index < -0.39 is 0 Å². The quantitative estimate of drug-likeness (QED) is 0.653. The zero-order chi connectivity index (χ0) is 20.6. The molecule has 2 aromatic carbocycles. The molecule has 0 unspecified atom stereocenters. The van der Waals surface area contributed by atoms with Crippen LogP contribution in [0.2, 0.25) is 0 Å².